The second-order valence-corrected chi connectivity index (χ2v) is 7.96. The third kappa shape index (κ3) is 4.72. The fraction of sp³-hybridized carbons (Fsp3) is 0.571. The van der Waals surface area contributed by atoms with Gasteiger partial charge in [-0.05, 0) is 56.5 Å². The Bertz CT molecular complexity index is 767. The van der Waals surface area contributed by atoms with Gasteiger partial charge in [0, 0.05) is 36.9 Å². The highest BCUT2D eigenvalue weighted by molar-refractivity contribution is 5.92. The number of hydrogen-bond donors (Lipinski definition) is 0. The molecule has 3 nitrogen and oxygen atoms in total. The lowest BCUT2D eigenvalue weighted by atomic mass is 10.0. The monoisotopic (exact) mass is 379 g/mol. The van der Waals surface area contributed by atoms with Crippen molar-refractivity contribution in [3.63, 3.8) is 0 Å². The van der Waals surface area contributed by atoms with Gasteiger partial charge in [0.15, 0.2) is 0 Å². The van der Waals surface area contributed by atoms with Gasteiger partial charge in [-0.25, -0.2) is 0 Å². The molecular weight excluding hydrogens is 351 g/mol. The van der Waals surface area contributed by atoms with E-state index >= 15 is 0 Å². The zero-order valence-corrected chi connectivity index (χ0v) is 16.3. The highest BCUT2D eigenvalue weighted by Gasteiger charge is 2.31. The first kappa shape index (κ1) is 19.9. The van der Waals surface area contributed by atoms with Crippen molar-refractivity contribution in [1.82, 2.24) is 9.88 Å². The van der Waals surface area contributed by atoms with E-state index in [1.54, 1.807) is 12.3 Å². The summed E-state index contributed by atoms with van der Waals surface area (Å²) in [7, 11) is 2.05. The van der Waals surface area contributed by atoms with Gasteiger partial charge in [0.25, 0.3) is 0 Å². The van der Waals surface area contributed by atoms with Crippen LogP contribution < -0.4 is 4.90 Å². The van der Waals surface area contributed by atoms with E-state index in [0.717, 1.165) is 49.3 Å². The highest BCUT2D eigenvalue weighted by atomic mass is 19.4. The van der Waals surface area contributed by atoms with Gasteiger partial charge in [-0.15, -0.1) is 0 Å². The van der Waals surface area contributed by atoms with Gasteiger partial charge in [0.2, 0.25) is 0 Å². The van der Waals surface area contributed by atoms with Crippen molar-refractivity contribution >= 4 is 16.6 Å². The Hall–Kier alpha value is -1.82. The molecule has 3 rings (SSSR count). The van der Waals surface area contributed by atoms with Crippen LogP contribution in [0.15, 0.2) is 30.5 Å². The number of aromatic nitrogens is 1. The molecule has 0 radical (unpaired) electrons. The molecule has 1 saturated heterocycles. The zero-order chi connectivity index (χ0) is 19.6. The standard InChI is InChI=1S/C21H28F3N3/c1-15(2)12-17(14-27-10-4-5-11-27)26(3)20-8-9-25-19-13-16(21(22,23)24)6-7-18(19)20/h6-9,13,15,17H,4-5,10-12,14H2,1-3H3. The van der Waals surface area contributed by atoms with Crippen LogP contribution in [0.4, 0.5) is 18.9 Å². The van der Waals surface area contributed by atoms with E-state index < -0.39 is 11.7 Å². The number of halogens is 3. The third-order valence-corrected chi connectivity index (χ3v) is 5.39. The van der Waals surface area contributed by atoms with Crippen LogP contribution in [0, 0.1) is 5.92 Å². The van der Waals surface area contributed by atoms with E-state index in [9.17, 15) is 13.2 Å². The predicted octanol–water partition coefficient (Wildman–Crippen LogP) is 5.20. The van der Waals surface area contributed by atoms with Crippen molar-refractivity contribution in [3.05, 3.63) is 36.0 Å². The molecule has 1 aromatic heterocycles. The number of likely N-dealkylation sites (tertiary alicyclic amines) is 1. The molecular formula is C21H28F3N3. The number of hydrogen-bond acceptors (Lipinski definition) is 3. The molecule has 27 heavy (non-hydrogen) atoms. The summed E-state index contributed by atoms with van der Waals surface area (Å²) in [5.74, 6) is 0.546. The molecule has 6 heteroatoms. The summed E-state index contributed by atoms with van der Waals surface area (Å²) in [4.78, 5) is 8.91. The number of pyridine rings is 1. The quantitative estimate of drug-likeness (QED) is 0.688. The van der Waals surface area contributed by atoms with Crippen molar-refractivity contribution in [3.8, 4) is 0 Å². The molecule has 0 amide bonds. The van der Waals surface area contributed by atoms with Crippen LogP contribution in [0.5, 0.6) is 0 Å². The van der Waals surface area contributed by atoms with Crippen LogP contribution in [0.3, 0.4) is 0 Å². The Kier molecular flexibility index (Phi) is 5.94. The topological polar surface area (TPSA) is 19.4 Å². The van der Waals surface area contributed by atoms with Crippen LogP contribution >= 0.6 is 0 Å². The molecule has 2 heterocycles. The summed E-state index contributed by atoms with van der Waals surface area (Å²) in [6, 6.07) is 6.08. The maximum absolute atomic E-state index is 13.0. The number of rotatable bonds is 6. The number of likely N-dealkylation sites (N-methyl/N-ethyl adjacent to an activating group) is 1. The van der Waals surface area contributed by atoms with Gasteiger partial charge in [-0.2, -0.15) is 13.2 Å². The molecule has 0 N–H and O–H groups in total. The van der Waals surface area contributed by atoms with Crippen LogP contribution in [0.2, 0.25) is 0 Å². The van der Waals surface area contributed by atoms with E-state index in [0.29, 0.717) is 17.5 Å². The summed E-state index contributed by atoms with van der Waals surface area (Å²) in [6.45, 7) is 7.68. The molecule has 0 aliphatic carbocycles. The number of nitrogens with zero attached hydrogens (tertiary/aromatic N) is 3. The first-order chi connectivity index (χ1) is 12.8. The van der Waals surface area contributed by atoms with Crippen molar-refractivity contribution in [2.24, 2.45) is 5.92 Å². The van der Waals surface area contributed by atoms with E-state index in [4.69, 9.17) is 0 Å². The zero-order valence-electron chi connectivity index (χ0n) is 16.3. The summed E-state index contributed by atoms with van der Waals surface area (Å²) < 4.78 is 39.1. The number of fused-ring (bicyclic) bond motifs is 1. The van der Waals surface area contributed by atoms with Crippen molar-refractivity contribution in [1.29, 1.82) is 0 Å². The first-order valence-electron chi connectivity index (χ1n) is 9.67. The molecule has 1 unspecified atom stereocenters. The molecule has 2 aromatic rings. The molecule has 1 atom stereocenters. The minimum absolute atomic E-state index is 0.316. The van der Waals surface area contributed by atoms with Crippen LogP contribution in [0.1, 0.15) is 38.7 Å². The molecule has 1 aliphatic heterocycles. The summed E-state index contributed by atoms with van der Waals surface area (Å²) in [5, 5.41) is 0.767. The third-order valence-electron chi connectivity index (χ3n) is 5.39. The molecule has 1 aliphatic rings. The Morgan fingerprint density at radius 1 is 1.15 bits per heavy atom. The van der Waals surface area contributed by atoms with Gasteiger partial charge in [0.1, 0.15) is 0 Å². The van der Waals surface area contributed by atoms with Gasteiger partial charge in [0.05, 0.1) is 11.1 Å². The minimum Gasteiger partial charge on any atom is -0.370 e. The summed E-state index contributed by atoms with van der Waals surface area (Å²) >= 11 is 0. The highest BCUT2D eigenvalue weighted by Crippen LogP contribution is 2.34. The van der Waals surface area contributed by atoms with Crippen molar-refractivity contribution in [2.75, 3.05) is 31.6 Å². The summed E-state index contributed by atoms with van der Waals surface area (Å²) in [5.41, 5.74) is 0.676. The lowest BCUT2D eigenvalue weighted by Crippen LogP contribution is -2.42. The SMILES string of the molecule is CC(C)CC(CN1CCCC1)N(C)c1ccnc2cc(C(F)(F)F)ccc12. The van der Waals surface area contributed by atoms with Crippen LogP contribution in [0.25, 0.3) is 10.9 Å². The second-order valence-electron chi connectivity index (χ2n) is 7.96. The van der Waals surface area contributed by atoms with Gasteiger partial charge < -0.3 is 9.80 Å². The number of alkyl halides is 3. The Labute approximate surface area is 159 Å². The van der Waals surface area contributed by atoms with Gasteiger partial charge in [-0.1, -0.05) is 19.9 Å². The van der Waals surface area contributed by atoms with E-state index in [2.05, 4.69) is 35.7 Å². The maximum atomic E-state index is 13.0. The van der Waals surface area contributed by atoms with Gasteiger partial charge >= 0.3 is 6.18 Å². The number of anilines is 1. The van der Waals surface area contributed by atoms with Crippen LogP contribution in [-0.4, -0.2) is 42.6 Å². The van der Waals surface area contributed by atoms with Crippen LogP contribution in [-0.2, 0) is 6.18 Å². The van der Waals surface area contributed by atoms with Crippen molar-refractivity contribution in [2.45, 2.75) is 45.3 Å². The normalized spacial score (nSPS) is 17.0. The van der Waals surface area contributed by atoms with E-state index in [1.807, 2.05) is 6.07 Å². The predicted molar refractivity (Wildman–Crippen MR) is 104 cm³/mol. The average molecular weight is 379 g/mol. The Morgan fingerprint density at radius 3 is 2.48 bits per heavy atom. The molecule has 0 saturated carbocycles. The maximum Gasteiger partial charge on any atom is 0.416 e. The average Bonchev–Trinajstić information content (AvgIpc) is 3.11. The minimum atomic E-state index is -4.35. The Morgan fingerprint density at radius 2 is 1.85 bits per heavy atom. The molecule has 0 spiro atoms. The summed E-state index contributed by atoms with van der Waals surface area (Å²) in [6.07, 6.45) is 0.787. The van der Waals surface area contributed by atoms with Gasteiger partial charge in [-0.3, -0.25) is 4.98 Å². The molecule has 1 fully saturated rings. The molecule has 0 bridgehead atoms. The molecule has 148 valence electrons. The number of benzene rings is 1. The fourth-order valence-corrected chi connectivity index (χ4v) is 3.98. The largest absolute Gasteiger partial charge is 0.416 e. The fourth-order valence-electron chi connectivity index (χ4n) is 3.98. The van der Waals surface area contributed by atoms with E-state index in [1.165, 1.54) is 12.8 Å². The second kappa shape index (κ2) is 8.05. The lowest BCUT2D eigenvalue weighted by Gasteiger charge is -2.35. The first-order valence-corrected chi connectivity index (χ1v) is 9.67. The smallest absolute Gasteiger partial charge is 0.370 e. The Balaban J connectivity index is 1.92. The van der Waals surface area contributed by atoms with Crippen molar-refractivity contribution < 1.29 is 13.2 Å². The van der Waals surface area contributed by atoms with E-state index in [-0.39, 0.29) is 0 Å². The molecule has 1 aromatic carbocycles. The lowest BCUT2D eigenvalue weighted by molar-refractivity contribution is -0.137.